The van der Waals surface area contributed by atoms with Crippen LogP contribution >= 0.6 is 11.3 Å². The van der Waals surface area contributed by atoms with Crippen molar-refractivity contribution in [1.29, 1.82) is 0 Å². The summed E-state index contributed by atoms with van der Waals surface area (Å²) >= 11 is 1.59. The van der Waals surface area contributed by atoms with Crippen molar-refractivity contribution < 1.29 is 9.53 Å². The summed E-state index contributed by atoms with van der Waals surface area (Å²) in [5.41, 5.74) is 5.12. The van der Waals surface area contributed by atoms with E-state index in [0.29, 0.717) is 6.54 Å². The van der Waals surface area contributed by atoms with E-state index in [9.17, 15) is 4.79 Å². The van der Waals surface area contributed by atoms with Gasteiger partial charge < -0.3 is 4.74 Å². The molecular weight excluding hydrogens is 368 g/mol. The van der Waals surface area contributed by atoms with Crippen LogP contribution < -0.4 is 4.90 Å². The Bertz CT molecular complexity index is 1010. The number of nitrogens with zero attached hydrogens (tertiary/aromatic N) is 2. The summed E-state index contributed by atoms with van der Waals surface area (Å²) in [6.45, 7) is 7.51. The smallest absolute Gasteiger partial charge is 0.260 e. The summed E-state index contributed by atoms with van der Waals surface area (Å²) in [7, 11) is 0. The molecule has 0 spiro atoms. The van der Waals surface area contributed by atoms with Crippen molar-refractivity contribution >= 4 is 32.6 Å². The van der Waals surface area contributed by atoms with Gasteiger partial charge in [-0.15, -0.1) is 0 Å². The molecule has 3 aromatic rings. The molecule has 1 unspecified atom stereocenters. The molecule has 2 heterocycles. The number of rotatable bonds is 5. The number of carbonyl (C=O) groups is 1. The molecule has 4 rings (SSSR count). The molecule has 1 amide bonds. The Balaban J connectivity index is 1.75. The molecule has 2 aromatic carbocycles. The van der Waals surface area contributed by atoms with Crippen LogP contribution in [0.5, 0.6) is 0 Å². The van der Waals surface area contributed by atoms with Crippen LogP contribution in [0.4, 0.5) is 5.13 Å². The van der Waals surface area contributed by atoms with Crippen molar-refractivity contribution in [3.8, 4) is 0 Å². The van der Waals surface area contributed by atoms with Crippen molar-refractivity contribution in [2.24, 2.45) is 0 Å². The van der Waals surface area contributed by atoms with Gasteiger partial charge in [0.1, 0.15) is 0 Å². The molecule has 1 aliphatic rings. The minimum Gasteiger partial charge on any atom is -0.376 e. The normalized spacial score (nSPS) is 16.6. The highest BCUT2D eigenvalue weighted by molar-refractivity contribution is 7.22. The molecule has 0 aliphatic carbocycles. The van der Waals surface area contributed by atoms with Gasteiger partial charge in [0.05, 0.1) is 22.9 Å². The lowest BCUT2D eigenvalue weighted by Crippen LogP contribution is -2.37. The highest BCUT2D eigenvalue weighted by atomic mass is 32.1. The topological polar surface area (TPSA) is 42.4 Å². The van der Waals surface area contributed by atoms with Gasteiger partial charge in [-0.3, -0.25) is 9.69 Å². The quantitative estimate of drug-likeness (QED) is 0.590. The van der Waals surface area contributed by atoms with E-state index in [1.54, 1.807) is 11.3 Å². The van der Waals surface area contributed by atoms with E-state index in [1.807, 2.05) is 30.9 Å². The lowest BCUT2D eigenvalue weighted by atomic mass is 10.0. The first-order valence-electron chi connectivity index (χ1n) is 9.96. The summed E-state index contributed by atoms with van der Waals surface area (Å²) in [5, 5.41) is 0.761. The lowest BCUT2D eigenvalue weighted by molar-refractivity contribution is 0.0917. The van der Waals surface area contributed by atoms with Gasteiger partial charge in [-0.1, -0.05) is 48.1 Å². The minimum atomic E-state index is 0.00473. The second-order valence-corrected chi connectivity index (χ2v) is 8.49. The summed E-state index contributed by atoms with van der Waals surface area (Å²) in [6.07, 6.45) is 3.04. The van der Waals surface area contributed by atoms with Crippen molar-refractivity contribution in [3.05, 3.63) is 58.7 Å². The minimum absolute atomic E-state index is 0.00473. The van der Waals surface area contributed by atoms with E-state index in [1.165, 1.54) is 5.56 Å². The van der Waals surface area contributed by atoms with E-state index in [2.05, 4.69) is 31.2 Å². The third-order valence-corrected chi connectivity index (χ3v) is 6.41. The van der Waals surface area contributed by atoms with E-state index in [0.717, 1.165) is 57.9 Å². The highest BCUT2D eigenvalue weighted by Crippen LogP contribution is 2.33. The molecule has 1 aliphatic heterocycles. The third kappa shape index (κ3) is 3.69. The van der Waals surface area contributed by atoms with Crippen LogP contribution in [0.1, 0.15) is 46.8 Å². The lowest BCUT2D eigenvalue weighted by Gasteiger charge is -2.24. The molecule has 1 aromatic heterocycles. The number of carbonyl (C=O) groups excluding carboxylic acids is 1. The van der Waals surface area contributed by atoms with Gasteiger partial charge in [0.25, 0.3) is 5.91 Å². The van der Waals surface area contributed by atoms with Gasteiger partial charge in [-0.05, 0) is 56.4 Å². The van der Waals surface area contributed by atoms with E-state index >= 15 is 0 Å². The Morgan fingerprint density at radius 1 is 1.29 bits per heavy atom. The number of ether oxygens (including phenoxy) is 1. The molecule has 1 atom stereocenters. The van der Waals surface area contributed by atoms with Crippen LogP contribution in [0.2, 0.25) is 0 Å². The summed E-state index contributed by atoms with van der Waals surface area (Å²) in [4.78, 5) is 20.3. The van der Waals surface area contributed by atoms with Crippen molar-refractivity contribution in [3.63, 3.8) is 0 Å². The monoisotopic (exact) mass is 394 g/mol. The Labute approximate surface area is 170 Å². The summed E-state index contributed by atoms with van der Waals surface area (Å²) in [6, 6.07) is 12.3. The molecule has 4 nitrogen and oxygen atoms in total. The maximum absolute atomic E-state index is 13.5. The van der Waals surface area contributed by atoms with Gasteiger partial charge in [-0.2, -0.15) is 0 Å². The summed E-state index contributed by atoms with van der Waals surface area (Å²) < 4.78 is 6.97. The molecule has 0 saturated carbocycles. The molecule has 28 heavy (non-hydrogen) atoms. The Kier molecular flexibility index (Phi) is 5.47. The van der Waals surface area contributed by atoms with E-state index < -0.39 is 0 Å². The van der Waals surface area contributed by atoms with E-state index in [4.69, 9.17) is 9.72 Å². The Morgan fingerprint density at radius 3 is 2.86 bits per heavy atom. The van der Waals surface area contributed by atoms with Gasteiger partial charge in [0, 0.05) is 12.2 Å². The highest BCUT2D eigenvalue weighted by Gasteiger charge is 2.28. The zero-order valence-electron chi connectivity index (χ0n) is 16.7. The molecule has 5 heteroatoms. The van der Waals surface area contributed by atoms with Crippen molar-refractivity contribution in [2.45, 2.75) is 46.1 Å². The van der Waals surface area contributed by atoms with Crippen LogP contribution in [-0.2, 0) is 11.2 Å². The number of aryl methyl sites for hydroxylation is 3. The summed E-state index contributed by atoms with van der Waals surface area (Å²) in [5.74, 6) is 0.00473. The zero-order chi connectivity index (χ0) is 19.7. The molecule has 0 bridgehead atoms. The van der Waals surface area contributed by atoms with Gasteiger partial charge >= 0.3 is 0 Å². The Morgan fingerprint density at radius 2 is 2.14 bits per heavy atom. The number of benzene rings is 2. The van der Waals surface area contributed by atoms with Gasteiger partial charge in [0.2, 0.25) is 0 Å². The first kappa shape index (κ1) is 19.1. The first-order valence-corrected chi connectivity index (χ1v) is 10.8. The molecular formula is C23H26N2O2S. The number of anilines is 1. The molecule has 146 valence electrons. The fourth-order valence-corrected chi connectivity index (χ4v) is 4.85. The van der Waals surface area contributed by atoms with Gasteiger partial charge in [-0.25, -0.2) is 4.98 Å². The average molecular weight is 395 g/mol. The zero-order valence-corrected chi connectivity index (χ0v) is 17.5. The maximum Gasteiger partial charge on any atom is 0.260 e. The van der Waals surface area contributed by atoms with Crippen LogP contribution in [0.3, 0.4) is 0 Å². The third-order valence-electron chi connectivity index (χ3n) is 5.37. The number of fused-ring (bicyclic) bond motifs is 1. The van der Waals surface area contributed by atoms with Crippen LogP contribution in [0, 0.1) is 13.8 Å². The number of thiazole rings is 1. The predicted molar refractivity (Wildman–Crippen MR) is 116 cm³/mol. The fraction of sp³-hybridized carbons (Fsp3) is 0.391. The SMILES string of the molecule is CCc1cccc2sc(N(CC3CCCO3)C(=O)c3ccc(C)cc3C)nc12. The van der Waals surface area contributed by atoms with Crippen LogP contribution in [0.15, 0.2) is 36.4 Å². The predicted octanol–water partition coefficient (Wildman–Crippen LogP) is 5.30. The fourth-order valence-electron chi connectivity index (χ4n) is 3.83. The number of hydrogen-bond donors (Lipinski definition) is 0. The second kappa shape index (κ2) is 8.02. The van der Waals surface area contributed by atoms with Crippen molar-refractivity contribution in [1.82, 2.24) is 4.98 Å². The molecule has 1 fully saturated rings. The molecule has 0 radical (unpaired) electrons. The number of amides is 1. The second-order valence-electron chi connectivity index (χ2n) is 7.48. The van der Waals surface area contributed by atoms with Gasteiger partial charge in [0.15, 0.2) is 5.13 Å². The number of aromatic nitrogens is 1. The van der Waals surface area contributed by atoms with Crippen LogP contribution in [-0.4, -0.2) is 30.1 Å². The van der Waals surface area contributed by atoms with Crippen LogP contribution in [0.25, 0.3) is 10.2 Å². The molecule has 0 N–H and O–H groups in total. The standard InChI is InChI=1S/C23H26N2O2S/c1-4-17-7-5-9-20-21(17)24-23(28-20)25(14-18-8-6-12-27-18)22(26)19-11-10-15(2)13-16(19)3/h5,7,9-11,13,18H,4,6,8,12,14H2,1-3H3. The largest absolute Gasteiger partial charge is 0.376 e. The molecule has 1 saturated heterocycles. The van der Waals surface area contributed by atoms with Crippen molar-refractivity contribution in [2.75, 3.05) is 18.1 Å². The average Bonchev–Trinajstić information content (AvgIpc) is 3.34. The van der Waals surface area contributed by atoms with E-state index in [-0.39, 0.29) is 12.0 Å². The Hall–Kier alpha value is -2.24. The number of hydrogen-bond acceptors (Lipinski definition) is 4. The first-order chi connectivity index (χ1) is 13.6. The number of para-hydroxylation sites is 1. The maximum atomic E-state index is 13.5.